The Morgan fingerprint density at radius 3 is 2.56 bits per heavy atom. The number of amides is 1. The Morgan fingerprint density at radius 2 is 1.87 bits per heavy atom. The average Bonchev–Trinajstić information content (AvgIpc) is 3.23. The van der Waals surface area contributed by atoms with Crippen molar-refractivity contribution >= 4 is 28.4 Å². The zero-order valence-corrected chi connectivity index (χ0v) is 21.1. The van der Waals surface area contributed by atoms with E-state index >= 15 is 4.39 Å². The van der Waals surface area contributed by atoms with Crippen molar-refractivity contribution in [2.45, 2.75) is 6.92 Å². The number of benzene rings is 2. The van der Waals surface area contributed by atoms with Crippen LogP contribution >= 0.6 is 0 Å². The third kappa shape index (κ3) is 4.76. The number of nitrogen functional groups attached to an aromatic ring is 1. The first kappa shape index (κ1) is 25.1. The van der Waals surface area contributed by atoms with Gasteiger partial charge in [-0.1, -0.05) is 24.8 Å². The van der Waals surface area contributed by atoms with Crippen LogP contribution in [0.25, 0.3) is 33.4 Å². The lowest BCUT2D eigenvalue weighted by Crippen LogP contribution is -2.11. The number of aromatic nitrogens is 5. The summed E-state index contributed by atoms with van der Waals surface area (Å²) in [7, 11) is 1.84. The van der Waals surface area contributed by atoms with Crippen molar-refractivity contribution in [3.8, 4) is 46.5 Å². The molecule has 39 heavy (non-hydrogen) atoms. The zero-order valence-electron chi connectivity index (χ0n) is 21.1. The third-order valence-electron chi connectivity index (χ3n) is 6.00. The first-order chi connectivity index (χ1) is 18.8. The van der Waals surface area contributed by atoms with E-state index in [1.165, 1.54) is 24.7 Å². The highest BCUT2D eigenvalue weighted by Crippen LogP contribution is 2.42. The van der Waals surface area contributed by atoms with Crippen LogP contribution in [0.2, 0.25) is 0 Å². The lowest BCUT2D eigenvalue weighted by Gasteiger charge is -2.12. The number of carbonyl (C=O) groups is 1. The maximum atomic E-state index is 15.3. The molecular weight excluding hydrogens is 497 g/mol. The molecule has 2 aromatic carbocycles. The van der Waals surface area contributed by atoms with E-state index in [9.17, 15) is 4.79 Å². The SMILES string of the molecule is C#Cc1ccnc(Oc2ccc(-c3c(-c4ccc(NC(=O)C(=C)C)cc4)n(C)c4ncnc(N)c34)cc2F)n1. The monoisotopic (exact) mass is 519 g/mol. The third-order valence-corrected chi connectivity index (χ3v) is 6.00. The Bertz CT molecular complexity index is 1800. The van der Waals surface area contributed by atoms with E-state index < -0.39 is 5.82 Å². The van der Waals surface area contributed by atoms with Crippen molar-refractivity contribution in [3.05, 3.63) is 84.7 Å². The van der Waals surface area contributed by atoms with E-state index in [1.54, 1.807) is 31.2 Å². The standard InChI is InChI=1S/C29H22FN7O2/c1-5-19-12-13-32-29(36-19)39-22-11-8-18(14-21(22)30)23-24-26(31)33-15-34-27(24)37(4)25(23)17-6-9-20(10-7-17)35-28(38)16(2)3/h1,6-15H,2H2,3-4H3,(H,35,38)(H2,31,33,34). The largest absolute Gasteiger partial charge is 0.421 e. The number of nitrogens with one attached hydrogen (secondary N) is 1. The summed E-state index contributed by atoms with van der Waals surface area (Å²) in [6, 6.07) is 13.2. The molecule has 0 aliphatic carbocycles. The second-order valence-electron chi connectivity index (χ2n) is 8.67. The van der Waals surface area contributed by atoms with Gasteiger partial charge in [0.1, 0.15) is 23.5 Å². The number of hydrogen-bond donors (Lipinski definition) is 2. The van der Waals surface area contributed by atoms with E-state index in [0.717, 1.165) is 11.3 Å². The Morgan fingerprint density at radius 1 is 1.13 bits per heavy atom. The number of halogens is 1. The van der Waals surface area contributed by atoms with Crippen molar-refractivity contribution in [1.29, 1.82) is 0 Å². The molecule has 0 spiro atoms. The highest BCUT2D eigenvalue weighted by molar-refractivity contribution is 6.08. The van der Waals surface area contributed by atoms with Crippen LogP contribution < -0.4 is 15.8 Å². The molecule has 0 aliphatic rings. The molecule has 0 unspecified atom stereocenters. The van der Waals surface area contributed by atoms with Gasteiger partial charge in [-0.15, -0.1) is 6.42 Å². The molecule has 10 heteroatoms. The van der Waals surface area contributed by atoms with Gasteiger partial charge in [0.15, 0.2) is 11.6 Å². The fraction of sp³-hybridized carbons (Fsp3) is 0.0690. The molecule has 3 N–H and O–H groups in total. The van der Waals surface area contributed by atoms with E-state index in [-0.39, 0.29) is 23.5 Å². The normalized spacial score (nSPS) is 10.7. The summed E-state index contributed by atoms with van der Waals surface area (Å²) in [5, 5.41) is 3.36. The summed E-state index contributed by atoms with van der Waals surface area (Å²) in [5.74, 6) is 1.65. The van der Waals surface area contributed by atoms with Gasteiger partial charge in [-0.05, 0) is 54.3 Å². The van der Waals surface area contributed by atoms with Gasteiger partial charge in [0.2, 0.25) is 0 Å². The van der Waals surface area contributed by atoms with E-state index in [2.05, 4.69) is 37.8 Å². The van der Waals surface area contributed by atoms with Crippen molar-refractivity contribution in [1.82, 2.24) is 24.5 Å². The van der Waals surface area contributed by atoms with Crippen LogP contribution in [0, 0.1) is 18.2 Å². The molecular formula is C29H22FN7O2. The van der Waals surface area contributed by atoms with Crippen LogP contribution in [0.1, 0.15) is 12.6 Å². The molecule has 9 nitrogen and oxygen atoms in total. The number of terminal acetylenes is 1. The second-order valence-corrected chi connectivity index (χ2v) is 8.67. The summed E-state index contributed by atoms with van der Waals surface area (Å²) in [4.78, 5) is 28.6. The molecule has 0 atom stereocenters. The summed E-state index contributed by atoms with van der Waals surface area (Å²) in [5.41, 5.74) is 10.9. The number of nitrogens with zero attached hydrogens (tertiary/aromatic N) is 5. The number of aryl methyl sites for hydroxylation is 1. The maximum absolute atomic E-state index is 15.3. The topological polar surface area (TPSA) is 121 Å². The van der Waals surface area contributed by atoms with Gasteiger partial charge < -0.3 is 20.4 Å². The minimum Gasteiger partial charge on any atom is -0.421 e. The van der Waals surface area contributed by atoms with Gasteiger partial charge in [0.25, 0.3) is 5.91 Å². The van der Waals surface area contributed by atoms with Gasteiger partial charge in [-0.25, -0.2) is 19.3 Å². The Hall–Kier alpha value is -5.56. The van der Waals surface area contributed by atoms with Crippen LogP contribution in [-0.4, -0.2) is 30.4 Å². The maximum Gasteiger partial charge on any atom is 0.323 e. The number of ether oxygens (including phenoxy) is 1. The quantitative estimate of drug-likeness (QED) is 0.236. The fourth-order valence-corrected chi connectivity index (χ4v) is 4.15. The lowest BCUT2D eigenvalue weighted by molar-refractivity contribution is -0.112. The number of rotatable bonds is 6. The molecule has 5 aromatic rings. The average molecular weight is 520 g/mol. The summed E-state index contributed by atoms with van der Waals surface area (Å²) in [6.45, 7) is 5.29. The molecule has 0 radical (unpaired) electrons. The summed E-state index contributed by atoms with van der Waals surface area (Å²) >= 11 is 0. The number of carbonyl (C=O) groups excluding carboxylic acids is 1. The van der Waals surface area contributed by atoms with Gasteiger partial charge >= 0.3 is 6.01 Å². The van der Waals surface area contributed by atoms with Gasteiger partial charge in [0, 0.05) is 30.1 Å². The lowest BCUT2D eigenvalue weighted by atomic mass is 9.98. The first-order valence-electron chi connectivity index (χ1n) is 11.7. The van der Waals surface area contributed by atoms with E-state index in [4.69, 9.17) is 16.9 Å². The highest BCUT2D eigenvalue weighted by atomic mass is 19.1. The molecule has 0 fully saturated rings. The summed E-state index contributed by atoms with van der Waals surface area (Å²) < 4.78 is 22.8. The number of nitrogens with two attached hydrogens (primary N) is 1. The molecule has 0 bridgehead atoms. The van der Waals surface area contributed by atoms with Crippen LogP contribution in [0.15, 0.2) is 73.2 Å². The highest BCUT2D eigenvalue weighted by Gasteiger charge is 2.23. The number of anilines is 2. The second kappa shape index (κ2) is 10.1. The predicted octanol–water partition coefficient (Wildman–Crippen LogP) is 5.10. The smallest absolute Gasteiger partial charge is 0.323 e. The Labute approximate surface area is 223 Å². The zero-order chi connectivity index (χ0) is 27.7. The minimum atomic E-state index is -0.640. The molecule has 5 rings (SSSR count). The summed E-state index contributed by atoms with van der Waals surface area (Å²) in [6.07, 6.45) is 8.19. The van der Waals surface area contributed by atoms with Crippen LogP contribution in [0.3, 0.4) is 0 Å². The molecule has 0 aliphatic heterocycles. The van der Waals surface area contributed by atoms with Crippen molar-refractivity contribution in [3.63, 3.8) is 0 Å². The number of fused-ring (bicyclic) bond motifs is 1. The first-order valence-corrected chi connectivity index (χ1v) is 11.7. The van der Waals surface area contributed by atoms with Crippen LogP contribution in [0.5, 0.6) is 11.8 Å². The Balaban J connectivity index is 1.60. The minimum absolute atomic E-state index is 0.0700. The van der Waals surface area contributed by atoms with Crippen LogP contribution in [0.4, 0.5) is 15.9 Å². The molecule has 192 valence electrons. The fourth-order valence-electron chi connectivity index (χ4n) is 4.15. The van der Waals surface area contributed by atoms with Gasteiger partial charge in [-0.3, -0.25) is 4.79 Å². The number of hydrogen-bond acceptors (Lipinski definition) is 7. The van der Waals surface area contributed by atoms with Gasteiger partial charge in [-0.2, -0.15) is 4.98 Å². The Kier molecular flexibility index (Phi) is 6.48. The molecule has 3 aromatic heterocycles. The van der Waals surface area contributed by atoms with Gasteiger partial charge in [0.05, 0.1) is 11.1 Å². The van der Waals surface area contributed by atoms with Crippen molar-refractivity contribution in [2.24, 2.45) is 7.05 Å². The predicted molar refractivity (Wildman–Crippen MR) is 147 cm³/mol. The van der Waals surface area contributed by atoms with Crippen LogP contribution in [-0.2, 0) is 11.8 Å². The molecule has 0 saturated carbocycles. The van der Waals surface area contributed by atoms with Crippen molar-refractivity contribution < 1.29 is 13.9 Å². The molecule has 1 amide bonds. The molecule has 0 saturated heterocycles. The molecule has 3 heterocycles. The van der Waals surface area contributed by atoms with E-state index in [1.807, 2.05) is 23.7 Å². The van der Waals surface area contributed by atoms with Crippen molar-refractivity contribution in [2.75, 3.05) is 11.1 Å². The van der Waals surface area contributed by atoms with E-state index in [0.29, 0.717) is 39.1 Å².